The van der Waals surface area contributed by atoms with Gasteiger partial charge in [0.15, 0.2) is 17.5 Å². The number of nitrogens with zero attached hydrogens (tertiary/aromatic N) is 7. The molecule has 7 nitrogen and oxygen atoms in total. The first-order valence-corrected chi connectivity index (χ1v) is 8.72. The molecule has 8 heteroatoms. The summed E-state index contributed by atoms with van der Waals surface area (Å²) in [6.45, 7) is 2.55. The molecule has 4 aromatic heterocycles. The number of pyridine rings is 1. The van der Waals surface area contributed by atoms with E-state index in [4.69, 9.17) is 0 Å². The SMILES string of the molecule is CCCc1c(Cn2ccnc2-c2ncccc2F)ncnc1-n1cccn1. The highest BCUT2D eigenvalue weighted by Crippen LogP contribution is 2.22. The molecule has 0 aliphatic carbocycles. The molecule has 0 fully saturated rings. The van der Waals surface area contributed by atoms with Gasteiger partial charge in [0.05, 0.1) is 12.2 Å². The third-order valence-corrected chi connectivity index (χ3v) is 4.24. The molecule has 0 aliphatic rings. The summed E-state index contributed by atoms with van der Waals surface area (Å²) in [6.07, 6.45) is 11.9. The Kier molecular flexibility index (Phi) is 4.69. The largest absolute Gasteiger partial charge is 0.324 e. The molecule has 4 aromatic rings. The van der Waals surface area contributed by atoms with Gasteiger partial charge in [0, 0.05) is 36.5 Å². The van der Waals surface area contributed by atoms with Gasteiger partial charge in [0.2, 0.25) is 0 Å². The molecule has 0 aliphatic heterocycles. The highest BCUT2D eigenvalue weighted by atomic mass is 19.1. The summed E-state index contributed by atoms with van der Waals surface area (Å²) < 4.78 is 17.8. The Bertz CT molecular complexity index is 1040. The van der Waals surface area contributed by atoms with Crippen LogP contribution in [-0.4, -0.2) is 34.3 Å². The molecular formula is C19H18FN7. The van der Waals surface area contributed by atoms with Gasteiger partial charge < -0.3 is 4.57 Å². The first-order valence-electron chi connectivity index (χ1n) is 8.72. The molecule has 4 heterocycles. The quantitative estimate of drug-likeness (QED) is 0.526. The van der Waals surface area contributed by atoms with Crippen LogP contribution in [0.5, 0.6) is 0 Å². The molecule has 0 spiro atoms. The molecule has 136 valence electrons. The van der Waals surface area contributed by atoms with Gasteiger partial charge in [-0.3, -0.25) is 0 Å². The van der Waals surface area contributed by atoms with Gasteiger partial charge in [-0.05, 0) is 24.6 Å². The van der Waals surface area contributed by atoms with E-state index in [2.05, 4.69) is 32.0 Å². The predicted molar refractivity (Wildman–Crippen MR) is 97.7 cm³/mol. The lowest BCUT2D eigenvalue weighted by Gasteiger charge is -2.14. The van der Waals surface area contributed by atoms with Crippen LogP contribution in [0.3, 0.4) is 0 Å². The average molecular weight is 363 g/mol. The van der Waals surface area contributed by atoms with E-state index in [1.54, 1.807) is 35.5 Å². The van der Waals surface area contributed by atoms with E-state index < -0.39 is 5.82 Å². The van der Waals surface area contributed by atoms with E-state index in [1.165, 1.54) is 12.4 Å². The fourth-order valence-electron chi connectivity index (χ4n) is 3.04. The lowest BCUT2D eigenvalue weighted by atomic mass is 10.1. The molecule has 0 N–H and O–H groups in total. The van der Waals surface area contributed by atoms with E-state index in [0.29, 0.717) is 12.4 Å². The number of hydrogen-bond donors (Lipinski definition) is 0. The fraction of sp³-hybridized carbons (Fsp3) is 0.211. The van der Waals surface area contributed by atoms with Gasteiger partial charge in [0.1, 0.15) is 12.0 Å². The first-order chi connectivity index (χ1) is 13.3. The van der Waals surface area contributed by atoms with Crippen molar-refractivity contribution in [3.63, 3.8) is 0 Å². The lowest BCUT2D eigenvalue weighted by Crippen LogP contribution is -2.12. The Morgan fingerprint density at radius 1 is 1.00 bits per heavy atom. The Balaban J connectivity index is 1.75. The molecule has 0 unspecified atom stereocenters. The van der Waals surface area contributed by atoms with Crippen molar-refractivity contribution in [3.8, 4) is 17.3 Å². The maximum atomic E-state index is 14.2. The van der Waals surface area contributed by atoms with Crippen LogP contribution < -0.4 is 0 Å². The zero-order valence-corrected chi connectivity index (χ0v) is 14.8. The minimum Gasteiger partial charge on any atom is -0.324 e. The summed E-state index contributed by atoms with van der Waals surface area (Å²) in [5.74, 6) is 0.825. The van der Waals surface area contributed by atoms with Crippen LogP contribution in [-0.2, 0) is 13.0 Å². The average Bonchev–Trinajstić information content (AvgIpc) is 3.36. The van der Waals surface area contributed by atoms with E-state index in [1.807, 2.05) is 16.8 Å². The van der Waals surface area contributed by atoms with Crippen molar-refractivity contribution in [2.75, 3.05) is 0 Å². The Morgan fingerprint density at radius 3 is 2.70 bits per heavy atom. The summed E-state index contributed by atoms with van der Waals surface area (Å²) >= 11 is 0. The van der Waals surface area contributed by atoms with Gasteiger partial charge in [-0.25, -0.2) is 29.0 Å². The Hall–Kier alpha value is -3.42. The molecule has 0 bridgehead atoms. The summed E-state index contributed by atoms with van der Waals surface area (Å²) in [4.78, 5) is 17.3. The first kappa shape index (κ1) is 17.0. The smallest absolute Gasteiger partial charge is 0.162 e. The van der Waals surface area contributed by atoms with Crippen LogP contribution >= 0.6 is 0 Å². The van der Waals surface area contributed by atoms with Crippen LogP contribution in [0.1, 0.15) is 24.6 Å². The molecule has 4 rings (SSSR count). The number of rotatable bonds is 6. The molecule has 0 radical (unpaired) electrons. The van der Waals surface area contributed by atoms with Crippen molar-refractivity contribution in [1.82, 2.24) is 34.3 Å². The minimum atomic E-state index is -0.404. The van der Waals surface area contributed by atoms with Crippen molar-refractivity contribution in [1.29, 1.82) is 0 Å². The lowest BCUT2D eigenvalue weighted by molar-refractivity contribution is 0.621. The molecule has 0 saturated carbocycles. The maximum absolute atomic E-state index is 14.2. The van der Waals surface area contributed by atoms with E-state index in [0.717, 1.165) is 29.9 Å². The third-order valence-electron chi connectivity index (χ3n) is 4.24. The van der Waals surface area contributed by atoms with E-state index in [-0.39, 0.29) is 5.69 Å². The number of halogens is 1. The van der Waals surface area contributed by atoms with Crippen molar-refractivity contribution in [2.24, 2.45) is 0 Å². The van der Waals surface area contributed by atoms with Crippen molar-refractivity contribution in [3.05, 3.63) is 72.6 Å². The van der Waals surface area contributed by atoms with Gasteiger partial charge >= 0.3 is 0 Å². The topological polar surface area (TPSA) is 74.3 Å². The zero-order valence-electron chi connectivity index (χ0n) is 14.8. The van der Waals surface area contributed by atoms with Crippen LogP contribution in [0.4, 0.5) is 4.39 Å². The van der Waals surface area contributed by atoms with Crippen LogP contribution in [0.15, 0.2) is 55.5 Å². The van der Waals surface area contributed by atoms with Gasteiger partial charge in [-0.2, -0.15) is 5.10 Å². The van der Waals surface area contributed by atoms with E-state index in [9.17, 15) is 4.39 Å². The molecule has 0 aromatic carbocycles. The second-order valence-electron chi connectivity index (χ2n) is 6.04. The van der Waals surface area contributed by atoms with Crippen LogP contribution in [0.25, 0.3) is 17.3 Å². The maximum Gasteiger partial charge on any atom is 0.162 e. The van der Waals surface area contributed by atoms with Gasteiger partial charge in [-0.1, -0.05) is 13.3 Å². The van der Waals surface area contributed by atoms with Crippen molar-refractivity contribution >= 4 is 0 Å². The van der Waals surface area contributed by atoms with Gasteiger partial charge in [-0.15, -0.1) is 0 Å². The molecular weight excluding hydrogens is 345 g/mol. The number of aromatic nitrogens is 7. The second kappa shape index (κ2) is 7.45. The van der Waals surface area contributed by atoms with Gasteiger partial charge in [0.25, 0.3) is 0 Å². The second-order valence-corrected chi connectivity index (χ2v) is 6.04. The highest BCUT2D eigenvalue weighted by Gasteiger charge is 2.17. The van der Waals surface area contributed by atoms with Crippen LogP contribution in [0.2, 0.25) is 0 Å². The molecule has 0 amide bonds. The summed E-state index contributed by atoms with van der Waals surface area (Å²) in [7, 11) is 0. The summed E-state index contributed by atoms with van der Waals surface area (Å²) in [6, 6.07) is 4.80. The summed E-state index contributed by atoms with van der Waals surface area (Å²) in [5, 5.41) is 4.29. The normalized spacial score (nSPS) is 11.0. The molecule has 27 heavy (non-hydrogen) atoms. The minimum absolute atomic E-state index is 0.223. The Labute approximate surface area is 155 Å². The summed E-state index contributed by atoms with van der Waals surface area (Å²) in [5.41, 5.74) is 2.10. The highest BCUT2D eigenvalue weighted by molar-refractivity contribution is 5.50. The molecule has 0 atom stereocenters. The monoisotopic (exact) mass is 363 g/mol. The zero-order chi connectivity index (χ0) is 18.6. The standard InChI is InChI=1S/C19H18FN7/c1-2-5-14-16(23-13-24-18(14)27-10-4-8-25-27)12-26-11-9-22-19(26)17-15(20)6-3-7-21-17/h3-4,6-11,13H,2,5,12H2,1H3. The predicted octanol–water partition coefficient (Wildman–Crippen LogP) is 3.06. The van der Waals surface area contributed by atoms with Crippen molar-refractivity contribution in [2.45, 2.75) is 26.3 Å². The van der Waals surface area contributed by atoms with E-state index >= 15 is 0 Å². The Morgan fingerprint density at radius 2 is 1.93 bits per heavy atom. The third kappa shape index (κ3) is 3.33. The molecule has 0 saturated heterocycles. The number of imidazole rings is 1. The van der Waals surface area contributed by atoms with Crippen molar-refractivity contribution < 1.29 is 4.39 Å². The number of hydrogen-bond acceptors (Lipinski definition) is 5. The fourth-order valence-corrected chi connectivity index (χ4v) is 3.04. The van der Waals surface area contributed by atoms with Crippen LogP contribution in [0, 0.1) is 5.82 Å².